The van der Waals surface area contributed by atoms with E-state index < -0.39 is 10.4 Å². The molecule has 0 fully saturated rings. The summed E-state index contributed by atoms with van der Waals surface area (Å²) in [7, 11) is -4.67. The van der Waals surface area contributed by atoms with E-state index in [2.05, 4.69) is 27.7 Å². The van der Waals surface area contributed by atoms with Crippen LogP contribution in [0.25, 0.3) is 0 Å². The van der Waals surface area contributed by atoms with Crippen molar-refractivity contribution in [2.45, 2.75) is 27.7 Å². The van der Waals surface area contributed by atoms with E-state index in [-0.39, 0.29) is 27.2 Å². The molecule has 102 valence electrons. The summed E-state index contributed by atoms with van der Waals surface area (Å²) < 4.78 is 31.6. The van der Waals surface area contributed by atoms with Crippen molar-refractivity contribution < 1.29 is 38.6 Å². The van der Waals surface area contributed by atoms with Crippen LogP contribution < -0.4 is 6.15 Å². The zero-order chi connectivity index (χ0) is 12.5. The Morgan fingerprint density at radius 1 is 0.733 bits per heavy atom. The minimum absolute atomic E-state index is 0. The molecule has 0 rings (SSSR count). The molecule has 0 aliphatic rings. The molecule has 5 nitrogen and oxygen atoms in total. The first-order valence-corrected chi connectivity index (χ1v) is 4.92. The van der Waals surface area contributed by atoms with Crippen LogP contribution in [0.5, 0.6) is 0 Å². The maximum absolute atomic E-state index is 8.74. The van der Waals surface area contributed by atoms with Crippen molar-refractivity contribution >= 4 is 10.4 Å². The van der Waals surface area contributed by atoms with Crippen LogP contribution in [0.1, 0.15) is 27.7 Å². The van der Waals surface area contributed by atoms with E-state index in [0.717, 1.165) is 0 Å². The summed E-state index contributed by atoms with van der Waals surface area (Å²) in [5, 5.41) is 0. The second kappa shape index (κ2) is 62.4. The second-order valence-corrected chi connectivity index (χ2v) is 1.34. The Bertz CT molecular complexity index is 110. The van der Waals surface area contributed by atoms with Gasteiger partial charge in [-0.3, -0.25) is 9.11 Å². The third kappa shape index (κ3) is 8470. The molecule has 0 spiro atoms. The Balaban J connectivity index is -0.0000000113. The number of hydrogen-bond acceptors (Lipinski definition) is 3. The molecule has 0 bridgehead atoms. The van der Waals surface area contributed by atoms with E-state index in [9.17, 15) is 0 Å². The first-order chi connectivity index (χ1) is 6.00. The Labute approximate surface area is 110 Å². The maximum atomic E-state index is 8.74. The molecule has 0 aliphatic carbocycles. The van der Waals surface area contributed by atoms with Crippen LogP contribution in [0.2, 0.25) is 0 Å². The third-order valence-corrected chi connectivity index (χ3v) is 0. The molecule has 0 saturated carbocycles. The summed E-state index contributed by atoms with van der Waals surface area (Å²) in [5.74, 6) is 0. The quantitative estimate of drug-likeness (QED) is 0.408. The van der Waals surface area contributed by atoms with Crippen molar-refractivity contribution in [3.05, 3.63) is 27.7 Å². The zero-order valence-corrected chi connectivity index (χ0v) is 13.1. The van der Waals surface area contributed by atoms with Gasteiger partial charge in [-0.15, -0.1) is 0 Å². The molecule has 0 aromatic rings. The topological polar surface area (TPSA) is 110 Å². The molecule has 0 aromatic carbocycles. The van der Waals surface area contributed by atoms with Crippen LogP contribution in [0.3, 0.4) is 0 Å². The molecule has 0 amide bonds. The van der Waals surface area contributed by atoms with Gasteiger partial charge >= 0.3 is 31.5 Å². The summed E-state index contributed by atoms with van der Waals surface area (Å²) >= 11 is 0. The average Bonchev–Trinajstić information content (AvgIpc) is 2.14. The Kier molecular flexibility index (Phi) is 188. The van der Waals surface area contributed by atoms with Gasteiger partial charge in [0.1, 0.15) is 0 Å². The van der Waals surface area contributed by atoms with Gasteiger partial charge in [-0.25, -0.2) is 0 Å². The summed E-state index contributed by atoms with van der Waals surface area (Å²) in [5.41, 5.74) is 0. The van der Waals surface area contributed by atoms with Gasteiger partial charge in [0.2, 0.25) is 0 Å². The Hall–Kier alpha value is 0.518. The third-order valence-electron chi connectivity index (χ3n) is 0. The van der Waals surface area contributed by atoms with Crippen molar-refractivity contribution in [3.8, 4) is 0 Å². The van der Waals surface area contributed by atoms with Crippen LogP contribution in [-0.2, 0) is 31.5 Å². The van der Waals surface area contributed by atoms with Crippen molar-refractivity contribution in [2.75, 3.05) is 0 Å². The summed E-state index contributed by atoms with van der Waals surface area (Å²) in [6.07, 6.45) is 0. The van der Waals surface area contributed by atoms with Gasteiger partial charge in [0.25, 0.3) is 0 Å². The minimum Gasteiger partial charge on any atom is -0.346 e. The van der Waals surface area contributed by atoms with E-state index in [4.69, 9.17) is 17.5 Å². The van der Waals surface area contributed by atoms with E-state index >= 15 is 0 Å². The molecule has 0 heterocycles. The van der Waals surface area contributed by atoms with Gasteiger partial charge in [0, 0.05) is 0 Å². The van der Waals surface area contributed by atoms with Crippen molar-refractivity contribution in [1.82, 2.24) is 6.15 Å². The molecule has 5 N–H and O–H groups in total. The zero-order valence-electron chi connectivity index (χ0n) is 9.97. The summed E-state index contributed by atoms with van der Waals surface area (Å²) in [6, 6.07) is 0. The molecular weight excluding hydrogens is 401 g/mol. The molecule has 0 unspecified atom stereocenters. The predicted molar refractivity (Wildman–Crippen MR) is 63.3 cm³/mol. The monoisotopic (exact) mass is 426 g/mol. The smallest absolute Gasteiger partial charge is 0.346 e. The molecule has 0 saturated heterocycles. The number of rotatable bonds is 0. The largest absolute Gasteiger partial charge is 4.00 e. The Morgan fingerprint density at radius 3 is 0.733 bits per heavy atom. The van der Waals surface area contributed by atoms with E-state index in [1.54, 1.807) is 27.7 Å². The van der Waals surface area contributed by atoms with Gasteiger partial charge in [-0.05, 0) is 0 Å². The number of hydrogen-bond donors (Lipinski definition) is 3. The van der Waals surface area contributed by atoms with E-state index in [0.29, 0.717) is 0 Å². The van der Waals surface area contributed by atoms with Crippen molar-refractivity contribution in [1.29, 1.82) is 0 Å². The fourth-order valence-electron chi connectivity index (χ4n) is 0. The van der Waals surface area contributed by atoms with Crippen molar-refractivity contribution in [2.24, 2.45) is 0 Å². The Morgan fingerprint density at radius 2 is 0.733 bits per heavy atom. The van der Waals surface area contributed by atoms with Crippen molar-refractivity contribution in [3.63, 3.8) is 0 Å². The predicted octanol–water partition coefficient (Wildman–Crippen LogP) is 2.87. The minimum atomic E-state index is -4.67. The maximum Gasteiger partial charge on any atom is 4.00 e. The van der Waals surface area contributed by atoms with Gasteiger partial charge in [0.05, 0.1) is 0 Å². The second-order valence-electron chi connectivity index (χ2n) is 0.448. The van der Waals surface area contributed by atoms with Crippen LogP contribution in [-0.4, -0.2) is 17.5 Å². The average molecular weight is 426 g/mol. The molecule has 0 aromatic heterocycles. The van der Waals surface area contributed by atoms with Gasteiger partial charge < -0.3 is 33.8 Å². The van der Waals surface area contributed by atoms with Crippen LogP contribution >= 0.6 is 0 Å². The standard InChI is InChI=1S/4C2H5.H3N.H2O4S.Pt/c4*1-2;;1-5(2,3)4;/h4*1H2,2H3;1H3;(H2,1,2,3,4);/q4*-1;;;+4. The molecule has 0 atom stereocenters. The van der Waals surface area contributed by atoms with Crippen LogP contribution in [0, 0.1) is 27.7 Å². The molecule has 15 heavy (non-hydrogen) atoms. The molecule has 0 radical (unpaired) electrons. The first-order valence-electron chi connectivity index (χ1n) is 3.53. The van der Waals surface area contributed by atoms with Crippen LogP contribution in [0.15, 0.2) is 0 Å². The van der Waals surface area contributed by atoms with Gasteiger partial charge in [0.15, 0.2) is 0 Å². The molecule has 7 heteroatoms. The molecular formula is C8H25NO4PtS. The van der Waals surface area contributed by atoms with Gasteiger partial charge in [-0.2, -0.15) is 36.1 Å². The first kappa shape index (κ1) is 45.1. The normalized spacial score (nSPS) is 5.47. The van der Waals surface area contributed by atoms with E-state index in [1.165, 1.54) is 0 Å². The fraction of sp³-hybridized carbons (Fsp3) is 0.500. The summed E-state index contributed by atoms with van der Waals surface area (Å²) in [6.45, 7) is 20.0. The molecule has 0 aliphatic heterocycles. The fourth-order valence-corrected chi connectivity index (χ4v) is 0. The van der Waals surface area contributed by atoms with E-state index in [1.807, 2.05) is 0 Å². The van der Waals surface area contributed by atoms with Crippen LogP contribution in [0.4, 0.5) is 0 Å². The SMILES string of the molecule is N.O=S(=O)(O)O.[CH2-]C.[CH2-]C.[CH2-]C.[CH2-]C.[Pt+4]. The summed E-state index contributed by atoms with van der Waals surface area (Å²) in [4.78, 5) is 0. The van der Waals surface area contributed by atoms with Gasteiger partial charge in [-0.1, -0.05) is 0 Å².